The number of halogens is 1. The van der Waals surface area contributed by atoms with E-state index in [-0.39, 0.29) is 18.9 Å². The van der Waals surface area contributed by atoms with Crippen molar-refractivity contribution in [1.29, 1.82) is 0 Å². The van der Waals surface area contributed by atoms with Crippen molar-refractivity contribution in [3.63, 3.8) is 0 Å². The SMILES string of the molecule is O=C(O)[C@@H]1COCCN1C(=O)Cc1ccccc1Br. The third-order valence-electron chi connectivity index (χ3n) is 3.03. The molecule has 1 aliphatic heterocycles. The fourth-order valence-corrected chi connectivity index (χ4v) is 2.44. The summed E-state index contributed by atoms with van der Waals surface area (Å²) in [4.78, 5) is 24.7. The quantitative estimate of drug-likeness (QED) is 0.908. The molecule has 1 amide bonds. The molecule has 1 aliphatic rings. The van der Waals surface area contributed by atoms with Crippen LogP contribution in [0.25, 0.3) is 0 Å². The van der Waals surface area contributed by atoms with Crippen molar-refractivity contribution in [2.75, 3.05) is 19.8 Å². The third kappa shape index (κ3) is 3.33. The first-order valence-corrected chi connectivity index (χ1v) is 6.72. The molecule has 102 valence electrons. The number of amides is 1. The Morgan fingerprint density at radius 1 is 1.42 bits per heavy atom. The first-order chi connectivity index (χ1) is 9.09. The van der Waals surface area contributed by atoms with Gasteiger partial charge in [-0.15, -0.1) is 0 Å². The molecule has 1 aromatic rings. The number of benzene rings is 1. The molecule has 1 aromatic carbocycles. The molecule has 1 fully saturated rings. The van der Waals surface area contributed by atoms with Crippen LogP contribution < -0.4 is 0 Å². The molecule has 0 radical (unpaired) electrons. The van der Waals surface area contributed by atoms with Crippen LogP contribution >= 0.6 is 15.9 Å². The van der Waals surface area contributed by atoms with E-state index in [2.05, 4.69) is 15.9 Å². The van der Waals surface area contributed by atoms with Gasteiger partial charge in [-0.05, 0) is 11.6 Å². The number of hydrogen-bond acceptors (Lipinski definition) is 3. The number of carboxylic acids is 1. The van der Waals surface area contributed by atoms with Crippen LogP contribution in [0.1, 0.15) is 5.56 Å². The highest BCUT2D eigenvalue weighted by Gasteiger charge is 2.32. The minimum Gasteiger partial charge on any atom is -0.480 e. The first kappa shape index (κ1) is 14.0. The smallest absolute Gasteiger partial charge is 0.328 e. The summed E-state index contributed by atoms with van der Waals surface area (Å²) in [6.45, 7) is 0.753. The molecular formula is C13H14BrNO4. The van der Waals surface area contributed by atoms with Crippen LogP contribution in [0.4, 0.5) is 0 Å². The zero-order valence-corrected chi connectivity index (χ0v) is 11.8. The average molecular weight is 328 g/mol. The molecule has 19 heavy (non-hydrogen) atoms. The summed E-state index contributed by atoms with van der Waals surface area (Å²) in [5, 5.41) is 9.10. The van der Waals surface area contributed by atoms with Crippen molar-refractivity contribution in [3.05, 3.63) is 34.3 Å². The maximum absolute atomic E-state index is 12.2. The number of rotatable bonds is 3. The number of carboxylic acid groups (broad SMARTS) is 1. The van der Waals surface area contributed by atoms with Gasteiger partial charge in [-0.3, -0.25) is 4.79 Å². The van der Waals surface area contributed by atoms with E-state index < -0.39 is 12.0 Å². The number of carbonyl (C=O) groups excluding carboxylic acids is 1. The standard InChI is InChI=1S/C13H14BrNO4/c14-10-4-2-1-3-9(10)7-12(16)15-5-6-19-8-11(15)13(17)18/h1-4,11H,5-8H2,(H,17,18)/t11-/m0/s1. The van der Waals surface area contributed by atoms with Crippen molar-refractivity contribution >= 4 is 27.8 Å². The van der Waals surface area contributed by atoms with Crippen LogP contribution in [0, 0.1) is 0 Å². The van der Waals surface area contributed by atoms with E-state index >= 15 is 0 Å². The number of ether oxygens (including phenoxy) is 1. The molecule has 1 heterocycles. The van der Waals surface area contributed by atoms with Gasteiger partial charge in [0.25, 0.3) is 0 Å². The maximum Gasteiger partial charge on any atom is 0.328 e. The monoisotopic (exact) mass is 327 g/mol. The van der Waals surface area contributed by atoms with Gasteiger partial charge in [0.2, 0.25) is 5.91 Å². The lowest BCUT2D eigenvalue weighted by atomic mass is 10.1. The summed E-state index contributed by atoms with van der Waals surface area (Å²) in [7, 11) is 0. The Morgan fingerprint density at radius 3 is 2.84 bits per heavy atom. The molecule has 6 heteroatoms. The number of morpholine rings is 1. The predicted octanol–water partition coefficient (Wildman–Crippen LogP) is 1.30. The molecular weight excluding hydrogens is 314 g/mol. The molecule has 1 N–H and O–H groups in total. The number of hydrogen-bond donors (Lipinski definition) is 1. The number of aliphatic carboxylic acids is 1. The van der Waals surface area contributed by atoms with Crippen LogP contribution in [0.5, 0.6) is 0 Å². The van der Waals surface area contributed by atoms with Crippen molar-refractivity contribution in [2.24, 2.45) is 0 Å². The molecule has 0 unspecified atom stereocenters. The van der Waals surface area contributed by atoms with Crippen molar-refractivity contribution in [2.45, 2.75) is 12.5 Å². The van der Waals surface area contributed by atoms with Crippen LogP contribution in [-0.4, -0.2) is 47.7 Å². The van der Waals surface area contributed by atoms with E-state index in [1.807, 2.05) is 24.3 Å². The fourth-order valence-electron chi connectivity index (χ4n) is 2.01. The summed E-state index contributed by atoms with van der Waals surface area (Å²) in [5.74, 6) is -1.22. The van der Waals surface area contributed by atoms with Crippen LogP contribution in [0.15, 0.2) is 28.7 Å². The van der Waals surface area contributed by atoms with Gasteiger partial charge in [0.15, 0.2) is 6.04 Å². The second-order valence-corrected chi connectivity index (χ2v) is 5.14. The Kier molecular flexibility index (Phi) is 4.55. The van der Waals surface area contributed by atoms with Gasteiger partial charge in [0.05, 0.1) is 19.6 Å². The minimum atomic E-state index is -1.03. The molecule has 1 atom stereocenters. The molecule has 0 aliphatic carbocycles. The van der Waals surface area contributed by atoms with Crippen LogP contribution in [0.2, 0.25) is 0 Å². The lowest BCUT2D eigenvalue weighted by Crippen LogP contribution is -2.53. The number of carbonyl (C=O) groups is 2. The van der Waals surface area contributed by atoms with Gasteiger partial charge in [0, 0.05) is 11.0 Å². The Balaban J connectivity index is 2.10. The predicted molar refractivity (Wildman–Crippen MR) is 71.8 cm³/mol. The van der Waals surface area contributed by atoms with E-state index in [0.717, 1.165) is 10.0 Å². The summed E-state index contributed by atoms with van der Waals surface area (Å²) >= 11 is 3.38. The van der Waals surface area contributed by atoms with E-state index in [1.165, 1.54) is 4.90 Å². The first-order valence-electron chi connectivity index (χ1n) is 5.93. The third-order valence-corrected chi connectivity index (χ3v) is 3.81. The van der Waals surface area contributed by atoms with Gasteiger partial charge < -0.3 is 14.7 Å². The van der Waals surface area contributed by atoms with E-state index in [9.17, 15) is 9.59 Å². The number of nitrogens with zero attached hydrogens (tertiary/aromatic N) is 1. The molecule has 2 rings (SSSR count). The summed E-state index contributed by atoms with van der Waals surface area (Å²) < 4.78 is 5.96. The highest BCUT2D eigenvalue weighted by molar-refractivity contribution is 9.10. The van der Waals surface area contributed by atoms with Crippen molar-refractivity contribution < 1.29 is 19.4 Å². The Labute approximate surface area is 119 Å². The molecule has 5 nitrogen and oxygen atoms in total. The highest BCUT2D eigenvalue weighted by atomic mass is 79.9. The fraction of sp³-hybridized carbons (Fsp3) is 0.385. The normalized spacial score (nSPS) is 19.2. The second kappa shape index (κ2) is 6.16. The zero-order valence-electron chi connectivity index (χ0n) is 10.2. The topological polar surface area (TPSA) is 66.8 Å². The molecule has 0 bridgehead atoms. The average Bonchev–Trinajstić information content (AvgIpc) is 2.41. The van der Waals surface area contributed by atoms with Crippen LogP contribution in [0.3, 0.4) is 0 Å². The summed E-state index contributed by atoms with van der Waals surface area (Å²) in [5.41, 5.74) is 0.850. The molecule has 1 saturated heterocycles. The maximum atomic E-state index is 12.2. The van der Waals surface area contributed by atoms with Gasteiger partial charge in [-0.1, -0.05) is 34.1 Å². The van der Waals surface area contributed by atoms with E-state index in [0.29, 0.717) is 13.2 Å². The Hall–Kier alpha value is -1.40. The largest absolute Gasteiger partial charge is 0.480 e. The van der Waals surface area contributed by atoms with Gasteiger partial charge in [-0.25, -0.2) is 4.79 Å². The lowest BCUT2D eigenvalue weighted by Gasteiger charge is -2.33. The van der Waals surface area contributed by atoms with E-state index in [4.69, 9.17) is 9.84 Å². The van der Waals surface area contributed by atoms with Crippen LogP contribution in [-0.2, 0) is 20.7 Å². The van der Waals surface area contributed by atoms with Gasteiger partial charge >= 0.3 is 5.97 Å². The molecule has 0 spiro atoms. The highest BCUT2D eigenvalue weighted by Crippen LogP contribution is 2.18. The minimum absolute atomic E-state index is 0.0526. The van der Waals surface area contributed by atoms with E-state index in [1.54, 1.807) is 0 Å². The second-order valence-electron chi connectivity index (χ2n) is 4.28. The lowest BCUT2D eigenvalue weighted by molar-refractivity contribution is -0.158. The zero-order chi connectivity index (χ0) is 13.8. The summed E-state index contributed by atoms with van der Waals surface area (Å²) in [6, 6.07) is 6.53. The Morgan fingerprint density at radius 2 is 2.16 bits per heavy atom. The van der Waals surface area contributed by atoms with Gasteiger partial charge in [-0.2, -0.15) is 0 Å². The molecule has 0 saturated carbocycles. The van der Waals surface area contributed by atoms with Crippen molar-refractivity contribution in [3.8, 4) is 0 Å². The summed E-state index contributed by atoms with van der Waals surface area (Å²) in [6.07, 6.45) is 0.186. The Bertz CT molecular complexity index is 491. The molecule has 0 aromatic heterocycles. The van der Waals surface area contributed by atoms with Crippen molar-refractivity contribution in [1.82, 2.24) is 4.90 Å². The van der Waals surface area contributed by atoms with Gasteiger partial charge in [0.1, 0.15) is 0 Å².